The standard InChI is InChI=1S/C12H13FN2O5/c1-4-2-5-8(14-12(18)15-11(5)19-4)10-7(13)9(17)6(3-16)20-10/h2,6-7,9-10,16-17H,3H2,1H3,(H,14,15,18)/t6-,7-,9+,10?/m1/s1. The molecule has 0 radical (unpaired) electrons. The minimum atomic E-state index is -1.76. The molecule has 0 amide bonds. The van der Waals surface area contributed by atoms with E-state index in [1.165, 1.54) is 0 Å². The predicted molar refractivity (Wildman–Crippen MR) is 65.0 cm³/mol. The normalized spacial score (nSPS) is 30.2. The SMILES string of the molecule is Cc1cc2c(C3O[C@H](CO)[C@H](O)[C@H]3F)[nH]c(=O)nc2o1. The smallest absolute Gasteiger partial charge is 0.348 e. The van der Waals surface area contributed by atoms with Gasteiger partial charge in [-0.05, 0) is 13.0 Å². The van der Waals surface area contributed by atoms with Crippen molar-refractivity contribution in [2.75, 3.05) is 6.61 Å². The molecule has 8 heteroatoms. The number of ether oxygens (including phenoxy) is 1. The summed E-state index contributed by atoms with van der Waals surface area (Å²) in [7, 11) is 0. The molecule has 3 rings (SSSR count). The maximum Gasteiger partial charge on any atom is 0.348 e. The van der Waals surface area contributed by atoms with E-state index in [0.717, 1.165) is 0 Å². The summed E-state index contributed by atoms with van der Waals surface area (Å²) in [6.07, 6.45) is -5.43. The number of aromatic amines is 1. The number of fused-ring (bicyclic) bond motifs is 1. The van der Waals surface area contributed by atoms with Crippen LogP contribution in [0.25, 0.3) is 11.1 Å². The first-order chi connectivity index (χ1) is 9.51. The fourth-order valence-corrected chi connectivity index (χ4v) is 2.41. The van der Waals surface area contributed by atoms with Crippen LogP contribution >= 0.6 is 0 Å². The lowest BCUT2D eigenvalue weighted by Crippen LogP contribution is -2.30. The molecule has 1 fully saturated rings. The summed E-state index contributed by atoms with van der Waals surface area (Å²) in [6, 6.07) is 1.60. The minimum Gasteiger partial charge on any atom is -0.443 e. The highest BCUT2D eigenvalue weighted by molar-refractivity contribution is 5.77. The fraction of sp³-hybridized carbons (Fsp3) is 0.500. The van der Waals surface area contributed by atoms with Crippen molar-refractivity contribution in [1.82, 2.24) is 9.97 Å². The number of hydrogen-bond donors (Lipinski definition) is 3. The van der Waals surface area contributed by atoms with Gasteiger partial charge in [0.2, 0.25) is 5.71 Å². The number of aliphatic hydroxyl groups excluding tert-OH is 2. The molecule has 3 heterocycles. The molecule has 0 aromatic carbocycles. The topological polar surface area (TPSA) is 109 Å². The molecule has 1 unspecified atom stereocenters. The van der Waals surface area contributed by atoms with E-state index >= 15 is 0 Å². The molecule has 1 aliphatic rings. The Morgan fingerprint density at radius 3 is 2.95 bits per heavy atom. The first-order valence-electron chi connectivity index (χ1n) is 6.10. The monoisotopic (exact) mass is 284 g/mol. The van der Waals surface area contributed by atoms with Gasteiger partial charge in [-0.2, -0.15) is 4.98 Å². The quantitative estimate of drug-likeness (QED) is 0.714. The molecule has 0 aliphatic carbocycles. The average molecular weight is 284 g/mol. The molecular weight excluding hydrogens is 271 g/mol. The Hall–Kier alpha value is -1.77. The molecule has 3 N–H and O–H groups in total. The molecule has 108 valence electrons. The van der Waals surface area contributed by atoms with Crippen LogP contribution in [-0.2, 0) is 4.74 Å². The van der Waals surface area contributed by atoms with Crippen LogP contribution in [0.3, 0.4) is 0 Å². The number of aromatic nitrogens is 2. The third kappa shape index (κ3) is 1.92. The van der Waals surface area contributed by atoms with Crippen LogP contribution in [0.5, 0.6) is 0 Å². The Morgan fingerprint density at radius 2 is 2.30 bits per heavy atom. The van der Waals surface area contributed by atoms with Crippen molar-refractivity contribution in [1.29, 1.82) is 0 Å². The Balaban J connectivity index is 2.12. The van der Waals surface area contributed by atoms with Gasteiger partial charge in [-0.15, -0.1) is 0 Å². The van der Waals surface area contributed by atoms with E-state index in [1.807, 2.05) is 0 Å². The van der Waals surface area contributed by atoms with Crippen molar-refractivity contribution < 1.29 is 23.8 Å². The zero-order valence-electron chi connectivity index (χ0n) is 10.5. The van der Waals surface area contributed by atoms with E-state index in [4.69, 9.17) is 14.3 Å². The third-order valence-corrected chi connectivity index (χ3v) is 3.35. The van der Waals surface area contributed by atoms with Gasteiger partial charge >= 0.3 is 5.69 Å². The van der Waals surface area contributed by atoms with E-state index in [2.05, 4.69) is 9.97 Å². The molecule has 20 heavy (non-hydrogen) atoms. The number of aliphatic hydroxyl groups is 2. The number of aryl methyl sites for hydroxylation is 1. The lowest BCUT2D eigenvalue weighted by atomic mass is 10.1. The van der Waals surface area contributed by atoms with E-state index < -0.39 is 36.8 Å². The maximum atomic E-state index is 14.1. The average Bonchev–Trinajstić information content (AvgIpc) is 2.90. The second kappa shape index (κ2) is 4.65. The number of hydrogen-bond acceptors (Lipinski definition) is 6. The zero-order chi connectivity index (χ0) is 14.4. The van der Waals surface area contributed by atoms with Crippen LogP contribution in [0.2, 0.25) is 0 Å². The van der Waals surface area contributed by atoms with Crippen molar-refractivity contribution in [2.45, 2.75) is 31.4 Å². The Morgan fingerprint density at radius 1 is 1.55 bits per heavy atom. The maximum absolute atomic E-state index is 14.1. The molecule has 0 spiro atoms. The summed E-state index contributed by atoms with van der Waals surface area (Å²) in [5, 5.41) is 19.1. The number of nitrogens with zero attached hydrogens (tertiary/aromatic N) is 1. The van der Waals surface area contributed by atoms with E-state index in [9.17, 15) is 14.3 Å². The molecule has 7 nitrogen and oxygen atoms in total. The number of furan rings is 1. The first kappa shape index (κ1) is 13.2. The molecule has 0 saturated carbocycles. The number of alkyl halides is 1. The molecular formula is C12H13FN2O5. The Bertz CT molecular complexity index is 697. The summed E-state index contributed by atoms with van der Waals surface area (Å²) >= 11 is 0. The lowest BCUT2D eigenvalue weighted by Gasteiger charge is -2.13. The Labute approximate surface area is 112 Å². The van der Waals surface area contributed by atoms with Crippen LogP contribution in [-0.4, -0.2) is 45.2 Å². The van der Waals surface area contributed by atoms with Crippen LogP contribution in [0, 0.1) is 6.92 Å². The number of rotatable bonds is 2. The molecule has 1 aliphatic heterocycles. The second-order valence-corrected chi connectivity index (χ2v) is 4.74. The summed E-state index contributed by atoms with van der Waals surface area (Å²) in [5.74, 6) is 0.514. The van der Waals surface area contributed by atoms with E-state index in [-0.39, 0.29) is 11.4 Å². The van der Waals surface area contributed by atoms with Crippen molar-refractivity contribution in [2.24, 2.45) is 0 Å². The van der Waals surface area contributed by atoms with Gasteiger partial charge in [0, 0.05) is 0 Å². The van der Waals surface area contributed by atoms with Crippen LogP contribution in [0.1, 0.15) is 17.6 Å². The van der Waals surface area contributed by atoms with Gasteiger partial charge in [-0.1, -0.05) is 0 Å². The lowest BCUT2D eigenvalue weighted by molar-refractivity contribution is -0.0233. The fourth-order valence-electron chi connectivity index (χ4n) is 2.41. The molecule has 1 saturated heterocycles. The number of nitrogens with one attached hydrogen (secondary N) is 1. The highest BCUT2D eigenvalue weighted by Crippen LogP contribution is 2.37. The van der Waals surface area contributed by atoms with Gasteiger partial charge in [0.15, 0.2) is 6.17 Å². The van der Waals surface area contributed by atoms with Gasteiger partial charge in [-0.25, -0.2) is 9.18 Å². The van der Waals surface area contributed by atoms with Crippen LogP contribution in [0.15, 0.2) is 15.3 Å². The number of H-pyrrole nitrogens is 1. The van der Waals surface area contributed by atoms with Crippen LogP contribution in [0.4, 0.5) is 4.39 Å². The van der Waals surface area contributed by atoms with Crippen molar-refractivity contribution in [3.63, 3.8) is 0 Å². The van der Waals surface area contributed by atoms with E-state index in [1.54, 1.807) is 13.0 Å². The molecule has 4 atom stereocenters. The highest BCUT2D eigenvalue weighted by Gasteiger charge is 2.45. The van der Waals surface area contributed by atoms with Crippen molar-refractivity contribution >= 4 is 11.1 Å². The van der Waals surface area contributed by atoms with Gasteiger partial charge in [0.25, 0.3) is 0 Å². The highest BCUT2D eigenvalue weighted by atomic mass is 19.1. The van der Waals surface area contributed by atoms with Crippen molar-refractivity contribution in [3.05, 3.63) is 28.0 Å². The summed E-state index contributed by atoms with van der Waals surface area (Å²) < 4.78 is 24.6. The first-order valence-corrected chi connectivity index (χ1v) is 6.10. The van der Waals surface area contributed by atoms with Gasteiger partial charge in [0.1, 0.15) is 24.1 Å². The summed E-state index contributed by atoms with van der Waals surface area (Å²) in [5.41, 5.74) is -0.460. The van der Waals surface area contributed by atoms with E-state index in [0.29, 0.717) is 11.1 Å². The summed E-state index contributed by atoms with van der Waals surface area (Å²) in [4.78, 5) is 17.6. The van der Waals surface area contributed by atoms with Crippen LogP contribution < -0.4 is 5.69 Å². The minimum absolute atomic E-state index is 0.0824. The number of halogens is 1. The summed E-state index contributed by atoms with van der Waals surface area (Å²) in [6.45, 7) is 1.16. The zero-order valence-corrected chi connectivity index (χ0v) is 10.5. The van der Waals surface area contributed by atoms with Gasteiger partial charge in [-0.3, -0.25) is 0 Å². The molecule has 2 aromatic rings. The van der Waals surface area contributed by atoms with Gasteiger partial charge in [0.05, 0.1) is 17.7 Å². The second-order valence-electron chi connectivity index (χ2n) is 4.74. The molecule has 2 aromatic heterocycles. The largest absolute Gasteiger partial charge is 0.443 e. The third-order valence-electron chi connectivity index (χ3n) is 3.35. The Kier molecular flexibility index (Phi) is 3.08. The predicted octanol–water partition coefficient (Wildman–Crippen LogP) is -0.0443. The van der Waals surface area contributed by atoms with Crippen molar-refractivity contribution in [3.8, 4) is 0 Å². The molecule has 0 bridgehead atoms. The van der Waals surface area contributed by atoms with Gasteiger partial charge < -0.3 is 24.4 Å².